The molecule has 1 fully saturated rings. The summed E-state index contributed by atoms with van der Waals surface area (Å²) in [6.07, 6.45) is 5.16. The van der Waals surface area contributed by atoms with Crippen molar-refractivity contribution in [1.82, 2.24) is 0 Å². The maximum Gasteiger partial charge on any atom is 0.172 e. The first-order valence-corrected chi connectivity index (χ1v) is 7.50. The highest BCUT2D eigenvalue weighted by Gasteiger charge is 2.13. The molecule has 1 aromatic heterocycles. The Morgan fingerprint density at radius 1 is 1.50 bits per heavy atom. The lowest BCUT2D eigenvalue weighted by Gasteiger charge is -2.22. The van der Waals surface area contributed by atoms with E-state index in [0.29, 0.717) is 19.6 Å². The summed E-state index contributed by atoms with van der Waals surface area (Å²) >= 11 is 1.51. The Balaban J connectivity index is 1.52. The molecule has 3 nitrogen and oxygen atoms in total. The van der Waals surface area contributed by atoms with Crippen molar-refractivity contribution in [2.45, 2.75) is 38.2 Å². The third-order valence-corrected chi connectivity index (χ3v) is 3.98. The second-order valence-corrected chi connectivity index (χ2v) is 5.52. The van der Waals surface area contributed by atoms with Crippen LogP contribution in [0.25, 0.3) is 0 Å². The van der Waals surface area contributed by atoms with Crippen LogP contribution >= 0.6 is 11.3 Å². The number of rotatable bonds is 7. The van der Waals surface area contributed by atoms with Gasteiger partial charge in [-0.3, -0.25) is 4.79 Å². The zero-order chi connectivity index (χ0) is 12.6. The fourth-order valence-electron chi connectivity index (χ4n) is 2.05. The highest BCUT2D eigenvalue weighted by Crippen LogP contribution is 2.14. The van der Waals surface area contributed by atoms with E-state index < -0.39 is 0 Å². The molecule has 1 unspecified atom stereocenters. The second kappa shape index (κ2) is 7.67. The molecule has 0 bridgehead atoms. The minimum atomic E-state index is 0.225. The van der Waals surface area contributed by atoms with Crippen LogP contribution < -0.4 is 0 Å². The number of carbonyl (C=O) groups is 1. The highest BCUT2D eigenvalue weighted by atomic mass is 32.1. The molecule has 0 spiro atoms. The van der Waals surface area contributed by atoms with Gasteiger partial charge in [-0.25, -0.2) is 0 Å². The normalized spacial score (nSPS) is 19.9. The van der Waals surface area contributed by atoms with Gasteiger partial charge in [0.25, 0.3) is 0 Å². The Hall–Kier alpha value is -0.710. The van der Waals surface area contributed by atoms with Crippen molar-refractivity contribution in [2.75, 3.05) is 19.8 Å². The molecule has 0 saturated carbocycles. The molecule has 1 aliphatic rings. The van der Waals surface area contributed by atoms with Crippen molar-refractivity contribution < 1.29 is 14.3 Å². The van der Waals surface area contributed by atoms with E-state index in [0.717, 1.165) is 24.3 Å². The zero-order valence-electron chi connectivity index (χ0n) is 10.6. The molecule has 0 N–H and O–H groups in total. The Bertz CT molecular complexity index is 342. The molecule has 18 heavy (non-hydrogen) atoms. The van der Waals surface area contributed by atoms with Crippen LogP contribution in [-0.2, 0) is 9.47 Å². The fraction of sp³-hybridized carbons (Fsp3) is 0.643. The first-order valence-electron chi connectivity index (χ1n) is 6.62. The highest BCUT2D eigenvalue weighted by molar-refractivity contribution is 7.12. The Labute approximate surface area is 112 Å². The van der Waals surface area contributed by atoms with Crippen molar-refractivity contribution in [3.63, 3.8) is 0 Å². The smallest absolute Gasteiger partial charge is 0.172 e. The molecule has 0 aromatic carbocycles. The summed E-state index contributed by atoms with van der Waals surface area (Å²) in [6, 6.07) is 3.79. The summed E-state index contributed by atoms with van der Waals surface area (Å²) in [7, 11) is 0. The van der Waals surface area contributed by atoms with Crippen LogP contribution in [0.1, 0.15) is 41.8 Å². The molecule has 100 valence electrons. The molecular weight excluding hydrogens is 248 g/mol. The van der Waals surface area contributed by atoms with E-state index in [4.69, 9.17) is 9.47 Å². The van der Waals surface area contributed by atoms with E-state index in [2.05, 4.69) is 0 Å². The number of hydrogen-bond donors (Lipinski definition) is 0. The van der Waals surface area contributed by atoms with Gasteiger partial charge in [-0.15, -0.1) is 11.3 Å². The average Bonchev–Trinajstić information content (AvgIpc) is 2.93. The summed E-state index contributed by atoms with van der Waals surface area (Å²) in [5.74, 6) is 0.225. The molecule has 1 saturated heterocycles. The van der Waals surface area contributed by atoms with Gasteiger partial charge in [-0.2, -0.15) is 0 Å². The second-order valence-electron chi connectivity index (χ2n) is 4.57. The molecular formula is C14H20O3S. The Morgan fingerprint density at radius 3 is 3.17 bits per heavy atom. The van der Waals surface area contributed by atoms with Crippen molar-refractivity contribution in [3.05, 3.63) is 22.4 Å². The van der Waals surface area contributed by atoms with Crippen LogP contribution in [0.5, 0.6) is 0 Å². The van der Waals surface area contributed by atoms with Crippen molar-refractivity contribution >= 4 is 17.1 Å². The van der Waals surface area contributed by atoms with Crippen LogP contribution in [0.3, 0.4) is 0 Å². The van der Waals surface area contributed by atoms with Crippen molar-refractivity contribution in [1.29, 1.82) is 0 Å². The summed E-state index contributed by atoms with van der Waals surface area (Å²) in [4.78, 5) is 12.6. The summed E-state index contributed by atoms with van der Waals surface area (Å²) < 4.78 is 11.1. The predicted molar refractivity (Wildman–Crippen MR) is 72.3 cm³/mol. The third kappa shape index (κ3) is 4.52. The predicted octanol–water partition coefficient (Wildman–Crippen LogP) is 3.30. The maximum atomic E-state index is 11.7. The molecule has 1 atom stereocenters. The number of hydrogen-bond acceptors (Lipinski definition) is 4. The van der Waals surface area contributed by atoms with Gasteiger partial charge < -0.3 is 9.47 Å². The first kappa shape index (κ1) is 13.7. The van der Waals surface area contributed by atoms with Crippen molar-refractivity contribution in [2.24, 2.45) is 0 Å². The molecule has 0 amide bonds. The summed E-state index contributed by atoms with van der Waals surface area (Å²) in [6.45, 7) is 2.19. The Kier molecular flexibility index (Phi) is 5.84. The molecule has 2 heterocycles. The van der Waals surface area contributed by atoms with Gasteiger partial charge >= 0.3 is 0 Å². The minimum Gasteiger partial charge on any atom is -0.379 e. The summed E-state index contributed by atoms with van der Waals surface area (Å²) in [5.41, 5.74) is 0. The maximum absolute atomic E-state index is 11.7. The first-order chi connectivity index (χ1) is 8.86. The van der Waals surface area contributed by atoms with Gasteiger partial charge in [0.05, 0.1) is 17.6 Å². The van der Waals surface area contributed by atoms with E-state index in [9.17, 15) is 4.79 Å². The molecule has 1 aromatic rings. The number of thiophene rings is 1. The number of carbonyl (C=O) groups excluding carboxylic acids is 1. The minimum absolute atomic E-state index is 0.225. The third-order valence-electron chi connectivity index (χ3n) is 3.07. The molecule has 2 rings (SSSR count). The largest absolute Gasteiger partial charge is 0.379 e. The van der Waals surface area contributed by atoms with Gasteiger partial charge in [0.1, 0.15) is 0 Å². The standard InChI is InChI=1S/C14H20O3S/c15-13(14-7-4-10-18-14)6-3-8-16-11-12-5-1-2-9-17-12/h4,7,10,12H,1-3,5-6,8-9,11H2. The molecule has 1 aliphatic heterocycles. The number of ketones is 1. The van der Waals surface area contributed by atoms with Gasteiger partial charge in [0.2, 0.25) is 0 Å². The van der Waals surface area contributed by atoms with Gasteiger partial charge in [-0.05, 0) is 37.1 Å². The van der Waals surface area contributed by atoms with Crippen LogP contribution in [0.4, 0.5) is 0 Å². The fourth-order valence-corrected chi connectivity index (χ4v) is 2.74. The topological polar surface area (TPSA) is 35.5 Å². The Morgan fingerprint density at radius 2 is 2.44 bits per heavy atom. The van der Waals surface area contributed by atoms with Gasteiger partial charge in [0, 0.05) is 19.6 Å². The van der Waals surface area contributed by atoms with Crippen LogP contribution in [0.15, 0.2) is 17.5 Å². The van der Waals surface area contributed by atoms with E-state index in [1.807, 2.05) is 17.5 Å². The van der Waals surface area contributed by atoms with E-state index in [1.165, 1.54) is 24.2 Å². The van der Waals surface area contributed by atoms with E-state index >= 15 is 0 Å². The quantitative estimate of drug-likeness (QED) is 0.562. The van der Waals surface area contributed by atoms with Crippen LogP contribution in [-0.4, -0.2) is 31.7 Å². The lowest BCUT2D eigenvalue weighted by molar-refractivity contribution is -0.0408. The SMILES string of the molecule is O=C(CCCOCC1CCCCO1)c1cccs1. The lowest BCUT2D eigenvalue weighted by Crippen LogP contribution is -2.24. The lowest BCUT2D eigenvalue weighted by atomic mass is 10.1. The number of ether oxygens (including phenoxy) is 2. The van der Waals surface area contributed by atoms with Crippen LogP contribution in [0, 0.1) is 0 Å². The average molecular weight is 268 g/mol. The van der Waals surface area contributed by atoms with Crippen molar-refractivity contribution in [3.8, 4) is 0 Å². The zero-order valence-corrected chi connectivity index (χ0v) is 11.4. The summed E-state index contributed by atoms with van der Waals surface area (Å²) in [5, 5.41) is 1.93. The van der Waals surface area contributed by atoms with E-state index in [1.54, 1.807) is 0 Å². The molecule has 4 heteroatoms. The molecule has 0 aliphatic carbocycles. The number of Topliss-reactive ketones (excluding diaryl/α,β-unsaturated/α-hetero) is 1. The van der Waals surface area contributed by atoms with Gasteiger partial charge in [-0.1, -0.05) is 6.07 Å². The van der Waals surface area contributed by atoms with Crippen LogP contribution in [0.2, 0.25) is 0 Å². The monoisotopic (exact) mass is 268 g/mol. The molecule has 0 radical (unpaired) electrons. The van der Waals surface area contributed by atoms with Gasteiger partial charge in [0.15, 0.2) is 5.78 Å². The van der Waals surface area contributed by atoms with E-state index in [-0.39, 0.29) is 11.9 Å².